The van der Waals surface area contributed by atoms with Gasteiger partial charge in [0.05, 0.1) is 12.8 Å². The van der Waals surface area contributed by atoms with Crippen LogP contribution < -0.4 is 10.5 Å². The van der Waals surface area contributed by atoms with Gasteiger partial charge in [0.25, 0.3) is 0 Å². The largest absolute Gasteiger partial charge is 0.495 e. The fourth-order valence-corrected chi connectivity index (χ4v) is 1.25. The molecule has 0 unspecified atom stereocenters. The average Bonchev–Trinajstić information content (AvgIpc) is 2.03. The van der Waals surface area contributed by atoms with Gasteiger partial charge in [-0.2, -0.15) is 0 Å². The van der Waals surface area contributed by atoms with Gasteiger partial charge in [0.2, 0.25) is 0 Å². The molecule has 0 aliphatic rings. The second-order valence-corrected chi connectivity index (χ2v) is 3.31. The summed E-state index contributed by atoms with van der Waals surface area (Å²) in [4.78, 5) is 2.10. The van der Waals surface area contributed by atoms with Gasteiger partial charge in [0, 0.05) is 6.54 Å². The maximum atomic E-state index is 5.76. The minimum atomic E-state index is 0. The normalized spacial score (nSPS) is 9.07. The van der Waals surface area contributed by atoms with Crippen molar-refractivity contribution in [2.24, 2.45) is 0 Å². The molecule has 0 atom stereocenters. The number of nitrogens with zero attached hydrogens (tertiary/aromatic N) is 1. The summed E-state index contributed by atoms with van der Waals surface area (Å²) in [5.41, 5.74) is 7.66. The van der Waals surface area contributed by atoms with E-state index in [1.165, 1.54) is 5.56 Å². The van der Waals surface area contributed by atoms with Gasteiger partial charge in [-0.15, -0.1) is 24.8 Å². The first-order valence-electron chi connectivity index (χ1n) is 4.20. The van der Waals surface area contributed by atoms with Crippen LogP contribution in [0.5, 0.6) is 5.75 Å². The molecule has 0 heterocycles. The van der Waals surface area contributed by atoms with Crippen LogP contribution in [0.15, 0.2) is 18.2 Å². The van der Waals surface area contributed by atoms with E-state index in [4.69, 9.17) is 10.5 Å². The number of hydrogen-bond acceptors (Lipinski definition) is 3. The summed E-state index contributed by atoms with van der Waals surface area (Å²) in [5, 5.41) is 0. The molecule has 0 aromatic heterocycles. The third kappa shape index (κ3) is 5.11. The lowest BCUT2D eigenvalue weighted by molar-refractivity contribution is 0.400. The summed E-state index contributed by atoms with van der Waals surface area (Å²) in [6.45, 7) is 0.897. The highest BCUT2D eigenvalue weighted by atomic mass is 35.5. The van der Waals surface area contributed by atoms with Crippen molar-refractivity contribution in [1.82, 2.24) is 4.90 Å². The number of hydrogen-bond donors (Lipinski definition) is 1. The first-order chi connectivity index (χ1) is 6.13. The molecule has 15 heavy (non-hydrogen) atoms. The number of ether oxygens (including phenoxy) is 1. The number of methoxy groups -OCH3 is 1. The van der Waals surface area contributed by atoms with Gasteiger partial charge in [-0.1, -0.05) is 6.07 Å². The zero-order chi connectivity index (χ0) is 9.84. The van der Waals surface area contributed by atoms with E-state index in [1.54, 1.807) is 7.11 Å². The van der Waals surface area contributed by atoms with Crippen LogP contribution >= 0.6 is 24.8 Å². The Morgan fingerprint density at radius 3 is 2.27 bits per heavy atom. The van der Waals surface area contributed by atoms with Crippen molar-refractivity contribution in [3.63, 3.8) is 0 Å². The topological polar surface area (TPSA) is 38.5 Å². The summed E-state index contributed by atoms with van der Waals surface area (Å²) in [6.07, 6.45) is 0. The number of nitrogen functional groups attached to an aromatic ring is 1. The first-order valence-corrected chi connectivity index (χ1v) is 4.20. The molecule has 0 aliphatic carbocycles. The zero-order valence-electron chi connectivity index (χ0n) is 9.19. The molecular formula is C10H18Cl2N2O. The van der Waals surface area contributed by atoms with Crippen molar-refractivity contribution < 1.29 is 4.74 Å². The van der Waals surface area contributed by atoms with E-state index in [0.717, 1.165) is 12.3 Å². The molecule has 0 radical (unpaired) electrons. The average molecular weight is 253 g/mol. The molecule has 1 aromatic carbocycles. The van der Waals surface area contributed by atoms with Crippen LogP contribution in [-0.4, -0.2) is 26.1 Å². The van der Waals surface area contributed by atoms with Gasteiger partial charge in [0.1, 0.15) is 5.75 Å². The smallest absolute Gasteiger partial charge is 0.141 e. The molecule has 2 N–H and O–H groups in total. The van der Waals surface area contributed by atoms with Crippen LogP contribution in [-0.2, 0) is 6.54 Å². The predicted molar refractivity (Wildman–Crippen MR) is 69.3 cm³/mol. The summed E-state index contributed by atoms with van der Waals surface area (Å²) < 4.78 is 5.07. The molecule has 88 valence electrons. The molecule has 0 aliphatic heterocycles. The van der Waals surface area contributed by atoms with Gasteiger partial charge in [-0.3, -0.25) is 0 Å². The zero-order valence-corrected chi connectivity index (χ0v) is 10.8. The number of halogens is 2. The van der Waals surface area contributed by atoms with Crippen LogP contribution in [0.2, 0.25) is 0 Å². The SMILES string of the molecule is COc1ccc(CN(C)C)cc1N.Cl.Cl. The molecule has 0 amide bonds. The van der Waals surface area contributed by atoms with Crippen molar-refractivity contribution >= 4 is 30.5 Å². The van der Waals surface area contributed by atoms with Crippen LogP contribution in [0.1, 0.15) is 5.56 Å². The lowest BCUT2D eigenvalue weighted by Gasteiger charge is -2.11. The molecule has 0 saturated carbocycles. The second-order valence-electron chi connectivity index (χ2n) is 3.31. The minimum absolute atomic E-state index is 0. The van der Waals surface area contributed by atoms with Crippen molar-refractivity contribution in [1.29, 1.82) is 0 Å². The quantitative estimate of drug-likeness (QED) is 0.839. The van der Waals surface area contributed by atoms with E-state index in [9.17, 15) is 0 Å². The fraction of sp³-hybridized carbons (Fsp3) is 0.400. The van der Waals surface area contributed by atoms with E-state index in [2.05, 4.69) is 4.90 Å². The Morgan fingerprint density at radius 1 is 1.27 bits per heavy atom. The van der Waals surface area contributed by atoms with Gasteiger partial charge < -0.3 is 15.4 Å². The fourth-order valence-electron chi connectivity index (χ4n) is 1.25. The van der Waals surface area contributed by atoms with Crippen molar-refractivity contribution in [3.8, 4) is 5.75 Å². The Balaban J connectivity index is 0. The summed E-state index contributed by atoms with van der Waals surface area (Å²) in [5.74, 6) is 0.738. The Kier molecular flexibility index (Phi) is 8.53. The van der Waals surface area contributed by atoms with Crippen LogP contribution in [0, 0.1) is 0 Å². The molecular weight excluding hydrogens is 235 g/mol. The van der Waals surface area contributed by atoms with Gasteiger partial charge in [-0.25, -0.2) is 0 Å². The second kappa shape index (κ2) is 7.63. The highest BCUT2D eigenvalue weighted by Crippen LogP contribution is 2.22. The van der Waals surface area contributed by atoms with Gasteiger partial charge in [-0.05, 0) is 31.8 Å². The third-order valence-electron chi connectivity index (χ3n) is 1.79. The standard InChI is InChI=1S/C10H16N2O.2ClH/c1-12(2)7-8-4-5-10(13-3)9(11)6-8;;/h4-6H,7,11H2,1-3H3;2*1H. The van der Waals surface area contributed by atoms with Crippen molar-refractivity contribution in [2.75, 3.05) is 26.9 Å². The molecule has 0 bridgehead atoms. The minimum Gasteiger partial charge on any atom is -0.495 e. The lowest BCUT2D eigenvalue weighted by atomic mass is 10.2. The molecule has 1 aromatic rings. The molecule has 0 fully saturated rings. The Hall–Kier alpha value is -0.640. The van der Waals surface area contributed by atoms with E-state index in [1.807, 2.05) is 32.3 Å². The van der Waals surface area contributed by atoms with Crippen LogP contribution in [0.4, 0.5) is 5.69 Å². The summed E-state index contributed by atoms with van der Waals surface area (Å²) in [7, 11) is 5.68. The molecule has 1 rings (SSSR count). The number of rotatable bonds is 3. The monoisotopic (exact) mass is 252 g/mol. The lowest BCUT2D eigenvalue weighted by Crippen LogP contribution is -2.10. The van der Waals surface area contributed by atoms with E-state index >= 15 is 0 Å². The van der Waals surface area contributed by atoms with E-state index in [-0.39, 0.29) is 24.8 Å². The maximum Gasteiger partial charge on any atom is 0.141 e. The van der Waals surface area contributed by atoms with Crippen LogP contribution in [0.25, 0.3) is 0 Å². The Labute approximate surface area is 103 Å². The first kappa shape index (κ1) is 16.8. The summed E-state index contributed by atoms with van der Waals surface area (Å²) >= 11 is 0. The third-order valence-corrected chi connectivity index (χ3v) is 1.79. The maximum absolute atomic E-state index is 5.76. The van der Waals surface area contributed by atoms with E-state index in [0.29, 0.717) is 5.69 Å². The van der Waals surface area contributed by atoms with E-state index < -0.39 is 0 Å². The Bertz CT molecular complexity index is 293. The molecule has 5 heteroatoms. The molecule has 0 saturated heterocycles. The number of anilines is 1. The van der Waals surface area contributed by atoms with Crippen LogP contribution in [0.3, 0.4) is 0 Å². The number of nitrogens with two attached hydrogens (primary N) is 1. The van der Waals surface area contributed by atoms with Crippen molar-refractivity contribution in [3.05, 3.63) is 23.8 Å². The van der Waals surface area contributed by atoms with Crippen molar-refractivity contribution in [2.45, 2.75) is 6.54 Å². The summed E-state index contributed by atoms with van der Waals surface area (Å²) in [6, 6.07) is 5.86. The van der Waals surface area contributed by atoms with Gasteiger partial charge >= 0.3 is 0 Å². The predicted octanol–water partition coefficient (Wildman–Crippen LogP) is 2.18. The highest BCUT2D eigenvalue weighted by molar-refractivity contribution is 5.85. The Morgan fingerprint density at radius 2 is 1.87 bits per heavy atom. The molecule has 3 nitrogen and oxygen atoms in total. The molecule has 0 spiro atoms. The van der Waals surface area contributed by atoms with Gasteiger partial charge in [0.15, 0.2) is 0 Å². The number of benzene rings is 1. The highest BCUT2D eigenvalue weighted by Gasteiger charge is 2.00.